The van der Waals surface area contributed by atoms with E-state index in [1.165, 1.54) is 5.56 Å². The molecule has 0 atom stereocenters. The molecule has 0 saturated heterocycles. The Morgan fingerprint density at radius 3 is 2.32 bits per heavy atom. The summed E-state index contributed by atoms with van der Waals surface area (Å²) >= 11 is 0. The van der Waals surface area contributed by atoms with Crippen molar-refractivity contribution >= 4 is 19.3 Å². The summed E-state index contributed by atoms with van der Waals surface area (Å²) in [5, 5.41) is 0.825. The lowest BCUT2D eigenvalue weighted by molar-refractivity contribution is 0.279. The third-order valence-corrected chi connectivity index (χ3v) is 10.8. The standard InChI is InChI=1S/C26H34O4Si/c1-19-24(27)22-12-7-8-13-23(22)30-25(19)29-21-16-14-20(15-17-21)11-9-10-18-28-31(5,6)26(2,3)4/h7-8,12-17H,9-11,18H2,1-6H3. The van der Waals surface area contributed by atoms with Crippen LogP contribution in [0.25, 0.3) is 11.0 Å². The van der Waals surface area contributed by atoms with Gasteiger partial charge in [0.05, 0.1) is 10.9 Å². The second kappa shape index (κ2) is 9.41. The molecule has 3 aromatic rings. The van der Waals surface area contributed by atoms with Crippen molar-refractivity contribution in [1.82, 2.24) is 0 Å². The van der Waals surface area contributed by atoms with E-state index in [1.54, 1.807) is 19.1 Å². The van der Waals surface area contributed by atoms with Crippen molar-refractivity contribution in [2.24, 2.45) is 0 Å². The first-order chi connectivity index (χ1) is 14.6. The van der Waals surface area contributed by atoms with Crippen LogP contribution in [0.4, 0.5) is 0 Å². The quantitative estimate of drug-likeness (QED) is 0.275. The Morgan fingerprint density at radius 2 is 1.65 bits per heavy atom. The van der Waals surface area contributed by atoms with E-state index < -0.39 is 8.32 Å². The predicted octanol–water partition coefficient (Wildman–Crippen LogP) is 7.24. The number of rotatable bonds is 8. The number of aryl methyl sites for hydroxylation is 1. The first-order valence-corrected chi connectivity index (χ1v) is 13.9. The molecule has 3 rings (SSSR count). The molecule has 166 valence electrons. The SMILES string of the molecule is Cc1c(Oc2ccc(CCCCO[Si](C)(C)C(C)(C)C)cc2)oc2ccccc2c1=O. The molecule has 0 bridgehead atoms. The second-order valence-electron chi connectivity index (χ2n) is 9.65. The minimum atomic E-state index is -1.65. The molecule has 1 heterocycles. The van der Waals surface area contributed by atoms with Crippen molar-refractivity contribution in [3.63, 3.8) is 0 Å². The summed E-state index contributed by atoms with van der Waals surface area (Å²) in [4.78, 5) is 12.5. The van der Waals surface area contributed by atoms with Gasteiger partial charge in [-0.15, -0.1) is 0 Å². The fourth-order valence-corrected chi connectivity index (χ4v) is 4.21. The van der Waals surface area contributed by atoms with E-state index in [4.69, 9.17) is 13.6 Å². The highest BCUT2D eigenvalue weighted by atomic mass is 28.4. The minimum Gasteiger partial charge on any atom is -0.426 e. The lowest BCUT2D eigenvalue weighted by Gasteiger charge is -2.36. The lowest BCUT2D eigenvalue weighted by Crippen LogP contribution is -2.40. The van der Waals surface area contributed by atoms with Crippen LogP contribution in [0.2, 0.25) is 18.1 Å². The summed E-state index contributed by atoms with van der Waals surface area (Å²) in [6.45, 7) is 14.0. The Kier molecular flexibility index (Phi) is 7.07. The van der Waals surface area contributed by atoms with Gasteiger partial charge in [-0.3, -0.25) is 4.79 Å². The Labute approximate surface area is 186 Å². The van der Waals surface area contributed by atoms with Gasteiger partial charge in [-0.1, -0.05) is 45.0 Å². The van der Waals surface area contributed by atoms with Crippen LogP contribution >= 0.6 is 0 Å². The van der Waals surface area contributed by atoms with E-state index >= 15 is 0 Å². The molecule has 0 aliphatic carbocycles. The number of benzene rings is 2. The first-order valence-electron chi connectivity index (χ1n) is 11.0. The van der Waals surface area contributed by atoms with E-state index in [1.807, 2.05) is 24.3 Å². The van der Waals surface area contributed by atoms with Crippen molar-refractivity contribution in [3.8, 4) is 11.7 Å². The maximum Gasteiger partial charge on any atom is 0.297 e. The Hall–Kier alpha value is -2.37. The number of hydrogen-bond acceptors (Lipinski definition) is 4. The fraction of sp³-hybridized carbons (Fsp3) is 0.423. The molecule has 5 heteroatoms. The second-order valence-corrected chi connectivity index (χ2v) is 14.5. The van der Waals surface area contributed by atoms with Gasteiger partial charge in [-0.2, -0.15) is 0 Å². The molecule has 2 aromatic carbocycles. The van der Waals surface area contributed by atoms with Crippen LogP contribution in [0.1, 0.15) is 44.7 Å². The summed E-state index contributed by atoms with van der Waals surface area (Å²) < 4.78 is 18.0. The number of hydrogen-bond donors (Lipinski definition) is 0. The van der Waals surface area contributed by atoms with Crippen molar-refractivity contribution < 1.29 is 13.6 Å². The van der Waals surface area contributed by atoms with Gasteiger partial charge in [0.15, 0.2) is 13.7 Å². The number of unbranched alkanes of at least 4 members (excludes halogenated alkanes) is 1. The number of para-hydroxylation sites is 1. The average Bonchev–Trinajstić information content (AvgIpc) is 2.72. The molecule has 1 aromatic heterocycles. The van der Waals surface area contributed by atoms with E-state index in [2.05, 4.69) is 46.0 Å². The van der Waals surface area contributed by atoms with Crippen LogP contribution < -0.4 is 10.2 Å². The summed E-state index contributed by atoms with van der Waals surface area (Å²) in [7, 11) is -1.65. The molecule has 0 N–H and O–H groups in total. The third-order valence-electron chi connectivity index (χ3n) is 6.24. The van der Waals surface area contributed by atoms with Crippen molar-refractivity contribution in [1.29, 1.82) is 0 Å². The van der Waals surface area contributed by atoms with Crippen molar-refractivity contribution in [2.75, 3.05) is 6.61 Å². The molecule has 0 amide bonds. The zero-order chi connectivity index (χ0) is 22.6. The molecule has 4 nitrogen and oxygen atoms in total. The maximum absolute atomic E-state index is 12.5. The normalized spacial score (nSPS) is 12.3. The Morgan fingerprint density at radius 1 is 0.968 bits per heavy atom. The molecule has 0 radical (unpaired) electrons. The van der Waals surface area contributed by atoms with Crippen LogP contribution in [-0.4, -0.2) is 14.9 Å². The molecule has 0 saturated carbocycles. The maximum atomic E-state index is 12.5. The molecule has 0 unspecified atom stereocenters. The van der Waals surface area contributed by atoms with E-state index in [9.17, 15) is 4.79 Å². The molecule has 31 heavy (non-hydrogen) atoms. The highest BCUT2D eigenvalue weighted by Gasteiger charge is 2.36. The first kappa shape index (κ1) is 23.3. The summed E-state index contributed by atoms with van der Waals surface area (Å²) in [5.41, 5.74) is 2.21. The topological polar surface area (TPSA) is 48.7 Å². The van der Waals surface area contributed by atoms with Gasteiger partial charge >= 0.3 is 0 Å². The molecule has 0 fully saturated rings. The van der Waals surface area contributed by atoms with Gasteiger partial charge in [0.2, 0.25) is 0 Å². The summed E-state index contributed by atoms with van der Waals surface area (Å²) in [5.74, 6) is 0.908. The molecule has 0 aliphatic heterocycles. The lowest BCUT2D eigenvalue weighted by atomic mass is 10.1. The van der Waals surface area contributed by atoms with Gasteiger partial charge in [-0.25, -0.2) is 0 Å². The van der Waals surface area contributed by atoms with E-state index in [0.29, 0.717) is 22.3 Å². The van der Waals surface area contributed by atoms with E-state index in [0.717, 1.165) is 25.9 Å². The van der Waals surface area contributed by atoms with Crippen molar-refractivity contribution in [3.05, 3.63) is 69.9 Å². The van der Waals surface area contributed by atoms with Gasteiger partial charge in [0, 0.05) is 6.61 Å². The van der Waals surface area contributed by atoms with E-state index in [-0.39, 0.29) is 16.4 Å². The van der Waals surface area contributed by atoms with Crippen LogP contribution in [0, 0.1) is 6.92 Å². The van der Waals surface area contributed by atoms with Gasteiger partial charge in [0.1, 0.15) is 11.3 Å². The molecular weight excluding hydrogens is 404 g/mol. The van der Waals surface area contributed by atoms with Crippen LogP contribution in [0.15, 0.2) is 57.7 Å². The molecule has 0 spiro atoms. The molecular formula is C26H34O4Si. The van der Waals surface area contributed by atoms with Gasteiger partial charge in [-0.05, 0) is 74.1 Å². The van der Waals surface area contributed by atoms with Crippen LogP contribution in [-0.2, 0) is 10.8 Å². The molecule has 0 aliphatic rings. The van der Waals surface area contributed by atoms with Crippen molar-refractivity contribution in [2.45, 2.75) is 65.1 Å². The highest BCUT2D eigenvalue weighted by molar-refractivity contribution is 6.74. The minimum absolute atomic E-state index is 0.0617. The predicted molar refractivity (Wildman–Crippen MR) is 130 cm³/mol. The monoisotopic (exact) mass is 438 g/mol. The summed E-state index contributed by atoms with van der Waals surface area (Å²) in [6, 6.07) is 15.2. The average molecular weight is 439 g/mol. The summed E-state index contributed by atoms with van der Waals surface area (Å²) in [6.07, 6.45) is 3.16. The van der Waals surface area contributed by atoms with Gasteiger partial charge in [0.25, 0.3) is 5.95 Å². The van der Waals surface area contributed by atoms with Crippen LogP contribution in [0.3, 0.4) is 0 Å². The van der Waals surface area contributed by atoms with Gasteiger partial charge < -0.3 is 13.6 Å². The Bertz CT molecular complexity index is 1080. The number of fused-ring (bicyclic) bond motifs is 1. The zero-order valence-corrected chi connectivity index (χ0v) is 20.6. The number of ether oxygens (including phenoxy) is 1. The third kappa shape index (κ3) is 5.66. The Balaban J connectivity index is 1.55. The van der Waals surface area contributed by atoms with Crippen LogP contribution in [0.5, 0.6) is 11.7 Å². The fourth-order valence-electron chi connectivity index (χ4n) is 3.12. The smallest absolute Gasteiger partial charge is 0.297 e. The zero-order valence-electron chi connectivity index (χ0n) is 19.6. The highest BCUT2D eigenvalue weighted by Crippen LogP contribution is 2.36. The largest absolute Gasteiger partial charge is 0.426 e.